The lowest BCUT2D eigenvalue weighted by molar-refractivity contribution is 1.19. The second-order valence-electron chi connectivity index (χ2n) is 5.04. The summed E-state index contributed by atoms with van der Waals surface area (Å²) in [7, 11) is 0. The van der Waals surface area contributed by atoms with Gasteiger partial charge in [-0.05, 0) is 47.4 Å². The van der Waals surface area contributed by atoms with Crippen LogP contribution in [0.5, 0.6) is 0 Å². The normalized spacial score (nSPS) is 12.8. The SMILES string of the molecule is CCc1ccc(C(Cl)c2ccc(C)c3ccccc23)s1. The molecule has 0 saturated carbocycles. The lowest BCUT2D eigenvalue weighted by Gasteiger charge is -2.13. The molecule has 1 atom stereocenters. The van der Waals surface area contributed by atoms with E-state index < -0.39 is 0 Å². The summed E-state index contributed by atoms with van der Waals surface area (Å²) in [5.41, 5.74) is 2.51. The Morgan fingerprint density at radius 1 is 1.00 bits per heavy atom. The van der Waals surface area contributed by atoms with Gasteiger partial charge >= 0.3 is 0 Å². The fraction of sp³-hybridized carbons (Fsp3) is 0.222. The molecule has 3 rings (SSSR count). The number of rotatable bonds is 3. The third-order valence-corrected chi connectivity index (χ3v) is 5.62. The van der Waals surface area contributed by atoms with E-state index in [4.69, 9.17) is 11.6 Å². The van der Waals surface area contributed by atoms with E-state index in [2.05, 4.69) is 62.4 Å². The molecule has 3 aromatic rings. The minimum atomic E-state index is -0.0641. The zero-order valence-corrected chi connectivity index (χ0v) is 13.3. The molecule has 0 bridgehead atoms. The second kappa shape index (κ2) is 5.59. The number of thiophene rings is 1. The predicted molar refractivity (Wildman–Crippen MR) is 90.1 cm³/mol. The molecule has 0 aliphatic carbocycles. The number of alkyl halides is 1. The van der Waals surface area contributed by atoms with Gasteiger partial charge in [-0.2, -0.15) is 0 Å². The van der Waals surface area contributed by atoms with Gasteiger partial charge in [-0.25, -0.2) is 0 Å². The van der Waals surface area contributed by atoms with Crippen molar-refractivity contribution in [2.75, 3.05) is 0 Å². The van der Waals surface area contributed by atoms with Crippen LogP contribution in [0.25, 0.3) is 10.8 Å². The molecule has 2 heteroatoms. The topological polar surface area (TPSA) is 0 Å². The molecule has 20 heavy (non-hydrogen) atoms. The third kappa shape index (κ3) is 2.36. The van der Waals surface area contributed by atoms with E-state index in [0.29, 0.717) is 0 Å². The number of halogens is 1. The van der Waals surface area contributed by atoms with Crippen molar-refractivity contribution >= 4 is 33.7 Å². The monoisotopic (exact) mass is 300 g/mol. The van der Waals surface area contributed by atoms with E-state index in [1.54, 1.807) is 0 Å². The molecular formula is C18H17ClS. The van der Waals surface area contributed by atoms with E-state index in [1.165, 1.54) is 31.7 Å². The van der Waals surface area contributed by atoms with E-state index in [1.807, 2.05) is 11.3 Å². The van der Waals surface area contributed by atoms with Gasteiger partial charge in [0.2, 0.25) is 0 Å². The Kier molecular flexibility index (Phi) is 3.82. The highest BCUT2D eigenvalue weighted by Gasteiger charge is 2.16. The number of aryl methyl sites for hydroxylation is 2. The molecule has 2 aromatic carbocycles. The van der Waals surface area contributed by atoms with Gasteiger partial charge < -0.3 is 0 Å². The first-order valence-corrected chi connectivity index (χ1v) is 8.17. The van der Waals surface area contributed by atoms with Crippen LogP contribution in [0.4, 0.5) is 0 Å². The molecular weight excluding hydrogens is 284 g/mol. The Hall–Kier alpha value is -1.31. The summed E-state index contributed by atoms with van der Waals surface area (Å²) in [4.78, 5) is 2.62. The van der Waals surface area contributed by atoms with Gasteiger partial charge in [0.1, 0.15) is 0 Å². The average molecular weight is 301 g/mol. The van der Waals surface area contributed by atoms with Crippen molar-refractivity contribution in [3.8, 4) is 0 Å². The van der Waals surface area contributed by atoms with Gasteiger partial charge in [-0.1, -0.05) is 43.3 Å². The molecule has 1 aromatic heterocycles. The molecule has 0 aliphatic heterocycles. The van der Waals surface area contributed by atoms with E-state index >= 15 is 0 Å². The predicted octanol–water partition coefficient (Wildman–Crippen LogP) is 6.10. The Bertz CT molecular complexity index is 742. The van der Waals surface area contributed by atoms with Crippen LogP contribution in [0.1, 0.15) is 33.2 Å². The van der Waals surface area contributed by atoms with Crippen LogP contribution in [0.15, 0.2) is 48.5 Å². The summed E-state index contributed by atoms with van der Waals surface area (Å²) in [5, 5.41) is 2.49. The first-order chi connectivity index (χ1) is 9.70. The largest absolute Gasteiger partial charge is 0.143 e. The lowest BCUT2D eigenvalue weighted by atomic mass is 9.98. The number of hydrogen-bond donors (Lipinski definition) is 0. The molecule has 1 unspecified atom stereocenters. The number of fused-ring (bicyclic) bond motifs is 1. The van der Waals surface area contributed by atoms with Crippen molar-refractivity contribution in [1.82, 2.24) is 0 Å². The number of benzene rings is 2. The van der Waals surface area contributed by atoms with Crippen molar-refractivity contribution < 1.29 is 0 Å². The van der Waals surface area contributed by atoms with Gasteiger partial charge in [0.25, 0.3) is 0 Å². The summed E-state index contributed by atoms with van der Waals surface area (Å²) in [5.74, 6) is 0. The van der Waals surface area contributed by atoms with Crippen LogP contribution >= 0.6 is 22.9 Å². The quantitative estimate of drug-likeness (QED) is 0.513. The summed E-state index contributed by atoms with van der Waals surface area (Å²) in [6.45, 7) is 4.33. The van der Waals surface area contributed by atoms with Crippen LogP contribution in [0.3, 0.4) is 0 Å². The molecule has 102 valence electrons. The molecule has 0 N–H and O–H groups in total. The van der Waals surface area contributed by atoms with Gasteiger partial charge in [0.15, 0.2) is 0 Å². The number of hydrogen-bond acceptors (Lipinski definition) is 1. The second-order valence-corrected chi connectivity index (χ2v) is 6.67. The van der Waals surface area contributed by atoms with Crippen molar-refractivity contribution in [3.05, 3.63) is 69.4 Å². The maximum absolute atomic E-state index is 6.74. The van der Waals surface area contributed by atoms with Crippen molar-refractivity contribution in [3.63, 3.8) is 0 Å². The van der Waals surface area contributed by atoms with Gasteiger partial charge in [0.05, 0.1) is 5.38 Å². The highest BCUT2D eigenvalue weighted by Crippen LogP contribution is 2.38. The van der Waals surface area contributed by atoms with Crippen LogP contribution in [0, 0.1) is 6.92 Å². The van der Waals surface area contributed by atoms with Crippen LogP contribution in [-0.2, 0) is 6.42 Å². The summed E-state index contributed by atoms with van der Waals surface area (Å²) in [6, 6.07) is 17.2. The Balaban J connectivity index is 2.12. The van der Waals surface area contributed by atoms with Crippen molar-refractivity contribution in [1.29, 1.82) is 0 Å². The molecule has 0 fully saturated rings. The summed E-state index contributed by atoms with van der Waals surface area (Å²) < 4.78 is 0. The fourth-order valence-electron chi connectivity index (χ4n) is 2.57. The lowest BCUT2D eigenvalue weighted by Crippen LogP contribution is -1.93. The van der Waals surface area contributed by atoms with E-state index in [9.17, 15) is 0 Å². The highest BCUT2D eigenvalue weighted by molar-refractivity contribution is 7.12. The Morgan fingerprint density at radius 2 is 1.75 bits per heavy atom. The van der Waals surface area contributed by atoms with Crippen molar-refractivity contribution in [2.24, 2.45) is 0 Å². The average Bonchev–Trinajstić information content (AvgIpc) is 2.96. The summed E-state index contributed by atoms with van der Waals surface area (Å²) >= 11 is 8.56. The standard InChI is InChI=1S/C18H17ClS/c1-3-13-9-11-17(20-13)18(19)16-10-8-12(2)14-6-4-5-7-15(14)16/h4-11,18H,3H2,1-2H3. The van der Waals surface area contributed by atoms with Crippen LogP contribution in [0.2, 0.25) is 0 Å². The first-order valence-electron chi connectivity index (χ1n) is 6.91. The van der Waals surface area contributed by atoms with E-state index in [-0.39, 0.29) is 5.38 Å². The zero-order valence-electron chi connectivity index (χ0n) is 11.7. The molecule has 1 heterocycles. The Labute approximate surface area is 129 Å². The van der Waals surface area contributed by atoms with Gasteiger partial charge in [-0.15, -0.1) is 22.9 Å². The highest BCUT2D eigenvalue weighted by atomic mass is 35.5. The Morgan fingerprint density at radius 3 is 2.45 bits per heavy atom. The molecule has 0 spiro atoms. The minimum absolute atomic E-state index is 0.0641. The fourth-order valence-corrected chi connectivity index (χ4v) is 3.91. The third-order valence-electron chi connectivity index (χ3n) is 3.73. The molecule has 0 aliphatic rings. The zero-order chi connectivity index (χ0) is 14.1. The minimum Gasteiger partial charge on any atom is -0.143 e. The van der Waals surface area contributed by atoms with Gasteiger partial charge in [-0.3, -0.25) is 0 Å². The summed E-state index contributed by atoms with van der Waals surface area (Å²) in [6.07, 6.45) is 1.07. The first kappa shape index (κ1) is 13.7. The van der Waals surface area contributed by atoms with E-state index in [0.717, 1.165) is 6.42 Å². The van der Waals surface area contributed by atoms with Gasteiger partial charge in [0, 0.05) is 9.75 Å². The van der Waals surface area contributed by atoms with Crippen LogP contribution in [-0.4, -0.2) is 0 Å². The molecule has 0 radical (unpaired) electrons. The molecule has 0 nitrogen and oxygen atoms in total. The molecule has 0 amide bonds. The maximum Gasteiger partial charge on any atom is 0.0933 e. The van der Waals surface area contributed by atoms with Crippen molar-refractivity contribution in [2.45, 2.75) is 25.6 Å². The smallest absolute Gasteiger partial charge is 0.0933 e. The molecule has 0 saturated heterocycles. The maximum atomic E-state index is 6.74. The van der Waals surface area contributed by atoms with Crippen LogP contribution < -0.4 is 0 Å².